The smallest absolute Gasteiger partial charge is 0.325 e. The average Bonchev–Trinajstić information content (AvgIpc) is 1.63. The normalized spacial score (nSPS) is 18.2. The lowest BCUT2D eigenvalue weighted by atomic mass is 9.87. The highest BCUT2D eigenvalue weighted by molar-refractivity contribution is 7.88. The zero-order valence-electron chi connectivity index (χ0n) is 59.2. The first kappa shape index (κ1) is 74.5. The van der Waals surface area contributed by atoms with Crippen LogP contribution in [0.5, 0.6) is 0 Å². The van der Waals surface area contributed by atoms with E-state index in [0.717, 1.165) is 152 Å². The number of nitrogens with one attached hydrogen (secondary N) is 8. The van der Waals surface area contributed by atoms with E-state index in [1.54, 1.807) is 23.8 Å². The van der Waals surface area contributed by atoms with Crippen molar-refractivity contribution in [3.8, 4) is 0 Å². The maximum Gasteiger partial charge on any atom is 0.325 e. The number of sulfonamides is 1. The van der Waals surface area contributed by atoms with E-state index in [0.29, 0.717) is 87.5 Å². The highest BCUT2D eigenvalue weighted by Gasteiger charge is 2.53. The van der Waals surface area contributed by atoms with Crippen LogP contribution in [0, 0.1) is 0 Å². The fourth-order valence-electron chi connectivity index (χ4n) is 15.4. The second-order valence-electron chi connectivity index (χ2n) is 27.6. The van der Waals surface area contributed by atoms with Crippen LogP contribution in [0.1, 0.15) is 73.8 Å². The number of rotatable bonds is 12. The molecule has 2 spiro atoms. The number of piperidine rings is 3. The number of aryl methyl sites for hydroxylation is 1. The van der Waals surface area contributed by atoms with Crippen molar-refractivity contribution >= 4 is 158 Å². The number of methoxy groups -OCH3 is 1. The monoisotopic (exact) mass is 1560 g/mol. The first-order valence-electron chi connectivity index (χ1n) is 35.6. The molecule has 0 unspecified atom stereocenters. The second-order valence-corrected chi connectivity index (χ2v) is 31.3. The van der Waals surface area contributed by atoms with E-state index in [1.165, 1.54) is 38.9 Å². The molecule has 564 valence electrons. The highest BCUT2D eigenvalue weighted by Crippen LogP contribution is 2.40. The molecule has 35 heteroatoms. The van der Waals surface area contributed by atoms with Gasteiger partial charge in [0, 0.05) is 160 Å². The van der Waals surface area contributed by atoms with Crippen molar-refractivity contribution in [2.45, 2.75) is 81.8 Å². The zero-order valence-corrected chi connectivity index (χ0v) is 63.1. The molecule has 30 nitrogen and oxygen atoms in total. The van der Waals surface area contributed by atoms with Crippen LogP contribution in [0.25, 0.3) is 54.5 Å². The first-order chi connectivity index (χ1) is 51.7. The van der Waals surface area contributed by atoms with Crippen molar-refractivity contribution < 1.29 is 42.2 Å². The number of H-pyrrole nitrogens is 6. The van der Waals surface area contributed by atoms with E-state index in [9.17, 15) is 27.6 Å². The van der Waals surface area contributed by atoms with Gasteiger partial charge in [-0.05, 0) is 117 Å². The van der Waals surface area contributed by atoms with Crippen LogP contribution >= 0.6 is 46.4 Å². The Morgan fingerprint density at radius 2 is 0.935 bits per heavy atom. The lowest BCUT2D eigenvalue weighted by molar-refractivity contribution is -0.133. The molecule has 9 N–H and O–H groups in total. The minimum absolute atomic E-state index is 0.0278. The lowest BCUT2D eigenvalue weighted by Crippen LogP contribution is -2.55. The molecular weight excluding hydrogens is 1480 g/mol. The third-order valence-electron chi connectivity index (χ3n) is 21.2. The maximum atomic E-state index is 12.8. The summed E-state index contributed by atoms with van der Waals surface area (Å²) >= 11 is 24.7. The standard InChI is InChI=1S/C17H20ClN5O3.C16H18ClN5O3.C15H21N3O2S.C13H12ClN5.C11H12ClN3O/c1-26-7-6-23-15(24)17(20-16(23)25)2-4-22(5-3-17)14-9-11(18)8-13-12(14)10-19-21-13;17-10-7-12-11(9-18-20-12)13(8-10)21-3-1-16(2-4-21)14(24)22(5-6-23)15(25)19-16;1-3-11-8-13(14-10-16-17-15(14)9-11)12-4-6-18(7-5-12)21(2,19)20;14-9-3-12-10(6-16-18-12)13(4-9)19-2-1-11-8(7-19)5-15-17-11;12-8-5-10-9(7-13-14-10)11(6-8)15-1-3-16-4-2-15/h8-10H,2-7H2,1H3,(H,19,21)(H,20,25);7-9,23H,1-6H2,(H,18,20)(H,19,25);8-10,12H,3-7H2,1-2H3,(H,16,17);3-6H,1-2,7H2,(H,15,17)(H,16,18);5-7H,1-4H2,(H,13,14). The van der Waals surface area contributed by atoms with Gasteiger partial charge in [-0.3, -0.25) is 50.0 Å². The van der Waals surface area contributed by atoms with E-state index in [2.05, 4.69) is 110 Å². The molecule has 0 aliphatic carbocycles. The molecule has 0 saturated carbocycles. The predicted octanol–water partition coefficient (Wildman–Crippen LogP) is 9.67. The van der Waals surface area contributed by atoms with Crippen LogP contribution in [0.2, 0.25) is 20.1 Å². The van der Waals surface area contributed by atoms with Crippen LogP contribution in [0.4, 0.5) is 32.3 Å². The molecule has 0 bridgehead atoms. The van der Waals surface area contributed by atoms with E-state index in [-0.39, 0.29) is 37.5 Å². The molecule has 0 atom stereocenters. The van der Waals surface area contributed by atoms with E-state index in [1.807, 2.05) is 73.3 Å². The summed E-state index contributed by atoms with van der Waals surface area (Å²) in [5.41, 5.74) is 12.4. The van der Waals surface area contributed by atoms with Gasteiger partial charge in [0.25, 0.3) is 11.8 Å². The number of β-amino-alcohol motifs (C(OH)–C–C–N with tert-alkyl or cyclic N) is 1. The number of urea groups is 2. The number of benzene rings is 5. The molecule has 6 fully saturated rings. The fourth-order valence-corrected chi connectivity index (χ4v) is 17.2. The van der Waals surface area contributed by atoms with Crippen LogP contribution < -0.4 is 30.2 Å². The van der Waals surface area contributed by atoms with Crippen LogP contribution in [-0.4, -0.2) is 236 Å². The number of amides is 6. The number of nitrogens with zero attached hydrogens (tertiary/aromatic N) is 13. The summed E-state index contributed by atoms with van der Waals surface area (Å²) in [5, 5.41) is 65.3. The van der Waals surface area contributed by atoms with Gasteiger partial charge in [-0.25, -0.2) is 22.3 Å². The molecule has 7 aliphatic heterocycles. The molecule has 7 aliphatic rings. The Morgan fingerprint density at radius 3 is 1.36 bits per heavy atom. The number of morpholine rings is 1. The number of ether oxygens (including phenoxy) is 2. The van der Waals surface area contributed by atoms with E-state index >= 15 is 0 Å². The summed E-state index contributed by atoms with van der Waals surface area (Å²) in [6.45, 7) is 11.4. The van der Waals surface area contributed by atoms with Crippen LogP contribution in [0.15, 0.2) is 97.8 Å². The van der Waals surface area contributed by atoms with Crippen LogP contribution in [0.3, 0.4) is 0 Å². The van der Waals surface area contributed by atoms with Crippen molar-refractivity contribution in [3.05, 3.63) is 140 Å². The number of anilines is 4. The number of halogens is 4. The molecule has 107 heavy (non-hydrogen) atoms. The number of fused-ring (bicyclic) bond motifs is 6. The Balaban J connectivity index is 0.000000113. The highest BCUT2D eigenvalue weighted by atomic mass is 35.5. The van der Waals surface area contributed by atoms with Gasteiger partial charge in [0.15, 0.2) is 0 Å². The summed E-state index contributed by atoms with van der Waals surface area (Å²) in [4.78, 5) is 61.0. The van der Waals surface area contributed by atoms with Gasteiger partial charge in [-0.2, -0.15) is 30.6 Å². The second kappa shape index (κ2) is 31.9. The van der Waals surface area contributed by atoms with Gasteiger partial charge in [-0.15, -0.1) is 0 Å². The van der Waals surface area contributed by atoms with Gasteiger partial charge in [0.2, 0.25) is 10.0 Å². The Morgan fingerprint density at radius 1 is 0.523 bits per heavy atom. The topological polar surface area (TPSA) is 360 Å². The van der Waals surface area contributed by atoms with Crippen molar-refractivity contribution in [2.75, 3.05) is 131 Å². The van der Waals surface area contributed by atoms with Crippen molar-refractivity contribution in [3.63, 3.8) is 0 Å². The third-order valence-corrected chi connectivity index (χ3v) is 23.3. The maximum absolute atomic E-state index is 12.8. The molecule has 0 radical (unpaired) electrons. The molecule has 6 saturated heterocycles. The van der Waals surface area contributed by atoms with Gasteiger partial charge in [0.05, 0.1) is 111 Å². The van der Waals surface area contributed by atoms with Gasteiger partial charge >= 0.3 is 12.1 Å². The minimum atomic E-state index is -3.06. The third kappa shape index (κ3) is 15.7. The van der Waals surface area contributed by atoms with Gasteiger partial charge in [-0.1, -0.05) is 59.4 Å². The number of aromatic nitrogens is 12. The number of hydrogen-bond donors (Lipinski definition) is 9. The number of hydrogen-bond acceptors (Lipinski definition) is 19. The largest absolute Gasteiger partial charge is 0.395 e. The predicted molar refractivity (Wildman–Crippen MR) is 412 cm³/mol. The SMILES string of the molecule is CCc1cc(C2CCN(S(C)(=O)=O)CC2)c2cn[nH]c2c1.COCCN1C(=O)NC2(CCN(c3cc(Cl)cc4[nH]ncc34)CC2)C1=O.Clc1cc(N2CCOCC2)c2cn[nH]c2c1.Clc1cc(N2CCc3[nH]ncc3C2)c2cn[nH]c2c1.O=C1NC2(CCN(c3cc(Cl)cc4[nH]ncc34)CC2)C(=O)N1CCO. The summed E-state index contributed by atoms with van der Waals surface area (Å²) in [7, 11) is -1.51. The summed E-state index contributed by atoms with van der Waals surface area (Å²) in [6, 6.07) is 18.9. The summed E-state index contributed by atoms with van der Waals surface area (Å²) in [5.74, 6) is 0.0131. The Kier molecular flexibility index (Phi) is 22.2. The number of aliphatic hydroxyl groups excluding tert-OH is 1. The number of imide groups is 2. The molecule has 13 heterocycles. The van der Waals surface area contributed by atoms with Crippen molar-refractivity contribution in [2.24, 2.45) is 0 Å². The van der Waals surface area contributed by atoms with Crippen molar-refractivity contribution in [1.29, 1.82) is 0 Å². The Labute approximate surface area is 635 Å². The quantitative estimate of drug-likeness (QED) is 0.0514. The first-order valence-corrected chi connectivity index (χ1v) is 39.0. The Hall–Kier alpha value is -9.31. The molecule has 5 aromatic carbocycles. The van der Waals surface area contributed by atoms with Crippen molar-refractivity contribution in [1.82, 2.24) is 85.9 Å². The number of aliphatic hydroxyl groups is 1. The van der Waals surface area contributed by atoms with Gasteiger partial charge in [0.1, 0.15) is 11.1 Å². The molecule has 18 rings (SSSR count). The zero-order chi connectivity index (χ0) is 74.7. The fraction of sp³-hybridized carbons (Fsp3) is 0.417. The van der Waals surface area contributed by atoms with Crippen LogP contribution in [-0.2, 0) is 48.5 Å². The number of carbonyl (C=O) groups is 4. The summed E-state index contributed by atoms with van der Waals surface area (Å²) < 4.78 is 35.1. The molecule has 6 aromatic heterocycles. The number of aromatic amines is 6. The van der Waals surface area contributed by atoms with E-state index < -0.39 is 27.1 Å². The summed E-state index contributed by atoms with van der Waals surface area (Å²) in [6.07, 6.45) is 18.1. The van der Waals surface area contributed by atoms with Gasteiger partial charge < -0.3 is 44.8 Å². The Bertz CT molecular complexity index is 5170. The average molecular weight is 1560 g/mol. The number of carbonyl (C=O) groups excluding carboxylic acids is 4. The lowest BCUT2D eigenvalue weighted by Gasteiger charge is -2.38. The minimum Gasteiger partial charge on any atom is -0.395 e. The molecule has 6 amide bonds. The molecular formula is C72H83Cl4N21O9S. The molecule has 11 aromatic rings. The van der Waals surface area contributed by atoms with E-state index in [4.69, 9.17) is 61.0 Å².